The van der Waals surface area contributed by atoms with Crippen LogP contribution in [0.2, 0.25) is 0 Å². The summed E-state index contributed by atoms with van der Waals surface area (Å²) < 4.78 is 5.35. The van der Waals surface area contributed by atoms with Gasteiger partial charge in [0, 0.05) is 17.2 Å². The molecule has 0 bridgehead atoms. The van der Waals surface area contributed by atoms with E-state index in [0.717, 1.165) is 27.6 Å². The fourth-order valence-electron chi connectivity index (χ4n) is 1.91. The van der Waals surface area contributed by atoms with Crippen LogP contribution < -0.4 is 5.32 Å². The Labute approximate surface area is 137 Å². The fourth-order valence-corrected chi connectivity index (χ4v) is 3.73. The van der Waals surface area contributed by atoms with Gasteiger partial charge in [-0.25, -0.2) is 9.78 Å². The summed E-state index contributed by atoms with van der Waals surface area (Å²) in [6, 6.07) is 0. The number of anilines is 1. The van der Waals surface area contributed by atoms with E-state index in [2.05, 4.69) is 10.3 Å². The predicted octanol–water partition coefficient (Wildman–Crippen LogP) is 3.70. The van der Waals surface area contributed by atoms with Crippen molar-refractivity contribution < 1.29 is 14.3 Å². The number of nitrogens with one attached hydrogen (secondary N) is 1. The van der Waals surface area contributed by atoms with E-state index in [4.69, 9.17) is 4.74 Å². The zero-order chi connectivity index (χ0) is 16.3. The Bertz CT molecular complexity index is 704. The normalized spacial score (nSPS) is 10.5. The van der Waals surface area contributed by atoms with Crippen LogP contribution in [0.1, 0.15) is 45.3 Å². The molecule has 0 spiro atoms. The summed E-state index contributed by atoms with van der Waals surface area (Å²) in [5.74, 6) is -0.640. The number of aromatic nitrogens is 1. The molecular formula is C15H18N2O3S2. The third-order valence-corrected chi connectivity index (χ3v) is 5.30. The summed E-state index contributed by atoms with van der Waals surface area (Å²) in [6.45, 7) is 7.36. The minimum absolute atomic E-state index is 0.142. The van der Waals surface area contributed by atoms with Gasteiger partial charge in [0.1, 0.15) is 11.6 Å². The number of amides is 1. The molecule has 0 aliphatic carbocycles. The molecule has 2 rings (SSSR count). The molecule has 0 saturated heterocycles. The highest BCUT2D eigenvalue weighted by atomic mass is 32.1. The number of hydrogen-bond acceptors (Lipinski definition) is 6. The molecule has 0 saturated carbocycles. The largest absolute Gasteiger partial charge is 0.455 e. The van der Waals surface area contributed by atoms with E-state index in [-0.39, 0.29) is 12.5 Å². The van der Waals surface area contributed by atoms with E-state index in [1.165, 1.54) is 18.3 Å². The summed E-state index contributed by atoms with van der Waals surface area (Å²) >= 11 is 2.94. The van der Waals surface area contributed by atoms with E-state index < -0.39 is 5.97 Å². The Morgan fingerprint density at radius 2 is 2.09 bits per heavy atom. The standard InChI is InChI=1S/C15H18N2O3S2/c1-5-12-17-11(7-21-12)6-20-15(19)13-8(2)9(3)22-14(13)16-10(4)18/h7H,5-6H2,1-4H3,(H,16,18). The first-order chi connectivity index (χ1) is 10.4. The summed E-state index contributed by atoms with van der Waals surface area (Å²) in [5.41, 5.74) is 2.02. The molecule has 5 nitrogen and oxygen atoms in total. The second kappa shape index (κ2) is 7.02. The molecule has 0 radical (unpaired) electrons. The molecule has 0 aromatic carbocycles. The number of thiophene rings is 1. The Hall–Kier alpha value is -1.73. The average molecular weight is 338 g/mol. The van der Waals surface area contributed by atoms with Gasteiger partial charge in [0.15, 0.2) is 0 Å². The zero-order valence-corrected chi connectivity index (χ0v) is 14.6. The van der Waals surface area contributed by atoms with E-state index in [1.54, 1.807) is 11.3 Å². The van der Waals surface area contributed by atoms with Crippen LogP contribution in [0.3, 0.4) is 0 Å². The van der Waals surface area contributed by atoms with Gasteiger partial charge in [-0.2, -0.15) is 0 Å². The van der Waals surface area contributed by atoms with Gasteiger partial charge < -0.3 is 10.1 Å². The number of carbonyl (C=O) groups is 2. The number of thiazole rings is 1. The van der Waals surface area contributed by atoms with Gasteiger partial charge in [-0.15, -0.1) is 22.7 Å². The molecule has 7 heteroatoms. The number of carbonyl (C=O) groups excluding carboxylic acids is 2. The third-order valence-electron chi connectivity index (χ3n) is 3.13. The van der Waals surface area contributed by atoms with E-state index in [1.807, 2.05) is 26.2 Å². The quantitative estimate of drug-likeness (QED) is 0.844. The average Bonchev–Trinajstić information content (AvgIpc) is 3.01. The highest BCUT2D eigenvalue weighted by Crippen LogP contribution is 2.33. The van der Waals surface area contributed by atoms with Crippen molar-refractivity contribution >= 4 is 39.6 Å². The number of rotatable bonds is 5. The second-order valence-electron chi connectivity index (χ2n) is 4.83. The summed E-state index contributed by atoms with van der Waals surface area (Å²) in [5, 5.41) is 6.15. The molecule has 0 unspecified atom stereocenters. The first kappa shape index (κ1) is 16.6. The lowest BCUT2D eigenvalue weighted by atomic mass is 10.1. The lowest BCUT2D eigenvalue weighted by molar-refractivity contribution is -0.114. The Morgan fingerprint density at radius 1 is 1.36 bits per heavy atom. The van der Waals surface area contributed by atoms with Crippen molar-refractivity contribution in [3.05, 3.63) is 32.1 Å². The lowest BCUT2D eigenvalue weighted by Gasteiger charge is -2.06. The summed E-state index contributed by atoms with van der Waals surface area (Å²) in [6.07, 6.45) is 0.869. The van der Waals surface area contributed by atoms with Crippen LogP contribution in [-0.4, -0.2) is 16.9 Å². The highest BCUT2D eigenvalue weighted by molar-refractivity contribution is 7.16. The van der Waals surface area contributed by atoms with E-state index in [9.17, 15) is 9.59 Å². The van der Waals surface area contributed by atoms with Crippen LogP contribution in [0.25, 0.3) is 0 Å². The van der Waals surface area contributed by atoms with Crippen molar-refractivity contribution in [1.29, 1.82) is 0 Å². The minimum Gasteiger partial charge on any atom is -0.455 e. The minimum atomic E-state index is -0.434. The monoisotopic (exact) mass is 338 g/mol. The SMILES string of the molecule is CCc1nc(COC(=O)c2c(NC(C)=O)sc(C)c2C)cs1. The molecule has 0 fully saturated rings. The van der Waals surface area contributed by atoms with Gasteiger partial charge in [0.05, 0.1) is 16.3 Å². The van der Waals surface area contributed by atoms with Gasteiger partial charge in [-0.1, -0.05) is 6.92 Å². The van der Waals surface area contributed by atoms with Crippen LogP contribution in [0.15, 0.2) is 5.38 Å². The van der Waals surface area contributed by atoms with Crippen LogP contribution in [0.4, 0.5) is 5.00 Å². The van der Waals surface area contributed by atoms with E-state index in [0.29, 0.717) is 10.6 Å². The molecule has 0 atom stereocenters. The van der Waals surface area contributed by atoms with Crippen molar-refractivity contribution in [3.8, 4) is 0 Å². The topological polar surface area (TPSA) is 68.3 Å². The van der Waals surface area contributed by atoms with Crippen LogP contribution in [0, 0.1) is 13.8 Å². The van der Waals surface area contributed by atoms with E-state index >= 15 is 0 Å². The van der Waals surface area contributed by atoms with Gasteiger partial charge in [0.2, 0.25) is 5.91 Å². The highest BCUT2D eigenvalue weighted by Gasteiger charge is 2.21. The van der Waals surface area contributed by atoms with Crippen molar-refractivity contribution in [3.63, 3.8) is 0 Å². The molecule has 0 aliphatic heterocycles. The molecule has 1 amide bonds. The zero-order valence-electron chi connectivity index (χ0n) is 13.0. The number of ether oxygens (including phenoxy) is 1. The number of aryl methyl sites for hydroxylation is 2. The number of hydrogen-bond donors (Lipinski definition) is 1. The molecule has 0 aliphatic rings. The summed E-state index contributed by atoms with van der Waals surface area (Å²) in [4.78, 5) is 28.9. The number of esters is 1. The molecule has 22 heavy (non-hydrogen) atoms. The van der Waals surface area contributed by atoms with Crippen molar-refractivity contribution in [2.75, 3.05) is 5.32 Å². The van der Waals surface area contributed by atoms with Gasteiger partial charge in [-0.3, -0.25) is 4.79 Å². The van der Waals surface area contributed by atoms with Crippen molar-refractivity contribution in [2.24, 2.45) is 0 Å². The van der Waals surface area contributed by atoms with Crippen LogP contribution in [-0.2, 0) is 22.6 Å². The molecule has 2 heterocycles. The predicted molar refractivity (Wildman–Crippen MR) is 88.7 cm³/mol. The van der Waals surface area contributed by atoms with Crippen molar-refractivity contribution in [2.45, 2.75) is 40.7 Å². The van der Waals surface area contributed by atoms with Crippen molar-refractivity contribution in [1.82, 2.24) is 4.98 Å². The maximum absolute atomic E-state index is 12.3. The second-order valence-corrected chi connectivity index (χ2v) is 7.00. The lowest BCUT2D eigenvalue weighted by Crippen LogP contribution is -2.12. The smallest absolute Gasteiger partial charge is 0.341 e. The maximum Gasteiger partial charge on any atom is 0.341 e. The maximum atomic E-state index is 12.3. The van der Waals surface area contributed by atoms with Crippen LogP contribution in [0.5, 0.6) is 0 Å². The number of nitrogens with zero attached hydrogens (tertiary/aromatic N) is 1. The van der Waals surface area contributed by atoms with Gasteiger partial charge in [0.25, 0.3) is 0 Å². The first-order valence-electron chi connectivity index (χ1n) is 6.90. The molecule has 118 valence electrons. The molecule has 2 aromatic heterocycles. The molecule has 1 N–H and O–H groups in total. The third kappa shape index (κ3) is 3.72. The Morgan fingerprint density at radius 3 is 2.68 bits per heavy atom. The first-order valence-corrected chi connectivity index (χ1v) is 8.60. The fraction of sp³-hybridized carbons (Fsp3) is 0.400. The Balaban J connectivity index is 2.13. The molecule has 2 aromatic rings. The van der Waals surface area contributed by atoms with Gasteiger partial charge >= 0.3 is 5.97 Å². The Kier molecular flexibility index (Phi) is 5.31. The molecular weight excluding hydrogens is 320 g/mol. The van der Waals surface area contributed by atoms with Gasteiger partial charge in [-0.05, 0) is 25.8 Å². The summed E-state index contributed by atoms with van der Waals surface area (Å²) in [7, 11) is 0. The van der Waals surface area contributed by atoms with Crippen LogP contribution >= 0.6 is 22.7 Å².